The summed E-state index contributed by atoms with van der Waals surface area (Å²) in [4.78, 5) is 25.0. The maximum atomic E-state index is 12.4. The summed E-state index contributed by atoms with van der Waals surface area (Å²) in [5, 5.41) is 9.11. The first-order valence-corrected chi connectivity index (χ1v) is 6.11. The van der Waals surface area contributed by atoms with Gasteiger partial charge in [-0.2, -0.15) is 0 Å². The summed E-state index contributed by atoms with van der Waals surface area (Å²) < 4.78 is 0. The molecular formula is C14H17NO3. The molecule has 0 bridgehead atoms. The van der Waals surface area contributed by atoms with E-state index in [0.29, 0.717) is 18.5 Å². The highest BCUT2D eigenvalue weighted by Gasteiger charge is 2.34. The Bertz CT molecular complexity index is 496. The van der Waals surface area contributed by atoms with E-state index in [1.165, 1.54) is 4.90 Å². The van der Waals surface area contributed by atoms with Crippen LogP contribution in [0.15, 0.2) is 18.2 Å². The van der Waals surface area contributed by atoms with Crippen molar-refractivity contribution in [2.75, 3.05) is 6.54 Å². The lowest BCUT2D eigenvalue weighted by molar-refractivity contribution is -0.141. The van der Waals surface area contributed by atoms with Crippen LogP contribution in [-0.4, -0.2) is 34.5 Å². The van der Waals surface area contributed by atoms with Gasteiger partial charge in [-0.05, 0) is 38.3 Å². The zero-order valence-electron chi connectivity index (χ0n) is 10.6. The largest absolute Gasteiger partial charge is 0.480 e. The molecule has 0 aliphatic carbocycles. The van der Waals surface area contributed by atoms with Crippen molar-refractivity contribution in [1.29, 1.82) is 0 Å². The van der Waals surface area contributed by atoms with Crippen LogP contribution < -0.4 is 0 Å². The molecule has 96 valence electrons. The van der Waals surface area contributed by atoms with E-state index in [0.717, 1.165) is 17.5 Å². The van der Waals surface area contributed by atoms with Crippen LogP contribution in [0.4, 0.5) is 0 Å². The highest BCUT2D eigenvalue weighted by Crippen LogP contribution is 2.22. The molecule has 4 heteroatoms. The maximum absolute atomic E-state index is 12.4. The van der Waals surface area contributed by atoms with Gasteiger partial charge >= 0.3 is 5.97 Å². The van der Waals surface area contributed by atoms with E-state index < -0.39 is 12.0 Å². The number of rotatable bonds is 2. The summed E-state index contributed by atoms with van der Waals surface area (Å²) in [6, 6.07) is 5.01. The summed E-state index contributed by atoms with van der Waals surface area (Å²) in [5.41, 5.74) is 2.51. The number of benzene rings is 1. The van der Waals surface area contributed by atoms with Crippen LogP contribution in [0, 0.1) is 13.8 Å². The minimum absolute atomic E-state index is 0.166. The van der Waals surface area contributed by atoms with Crippen LogP contribution in [-0.2, 0) is 4.79 Å². The van der Waals surface area contributed by atoms with Crippen molar-refractivity contribution >= 4 is 11.9 Å². The molecule has 1 aromatic carbocycles. The highest BCUT2D eigenvalue weighted by molar-refractivity contribution is 5.98. The van der Waals surface area contributed by atoms with Gasteiger partial charge in [0.05, 0.1) is 0 Å². The fraction of sp³-hybridized carbons (Fsp3) is 0.429. The van der Waals surface area contributed by atoms with Gasteiger partial charge in [-0.3, -0.25) is 4.79 Å². The second-order valence-corrected chi connectivity index (χ2v) is 4.81. The standard InChI is InChI=1S/C14H17NO3/c1-9-5-6-10(2)11(8-9)13(16)15-7-3-4-12(15)14(17)18/h5-6,8,12H,3-4,7H2,1-2H3,(H,17,18)/t12-/m1/s1. The monoisotopic (exact) mass is 247 g/mol. The van der Waals surface area contributed by atoms with Gasteiger partial charge in [0.15, 0.2) is 0 Å². The number of aliphatic carboxylic acids is 1. The van der Waals surface area contributed by atoms with Crippen LogP contribution >= 0.6 is 0 Å². The Morgan fingerprint density at radius 1 is 1.33 bits per heavy atom. The van der Waals surface area contributed by atoms with Gasteiger partial charge in [-0.15, -0.1) is 0 Å². The molecule has 18 heavy (non-hydrogen) atoms. The summed E-state index contributed by atoms with van der Waals surface area (Å²) >= 11 is 0. The summed E-state index contributed by atoms with van der Waals surface area (Å²) in [5.74, 6) is -1.08. The van der Waals surface area contributed by atoms with E-state index >= 15 is 0 Å². The first-order valence-electron chi connectivity index (χ1n) is 6.11. The van der Waals surface area contributed by atoms with Gasteiger partial charge < -0.3 is 10.0 Å². The average Bonchev–Trinajstić information content (AvgIpc) is 2.80. The number of aryl methyl sites for hydroxylation is 2. The molecule has 1 aliphatic heterocycles. The zero-order chi connectivity index (χ0) is 13.3. The number of likely N-dealkylation sites (tertiary alicyclic amines) is 1. The predicted molar refractivity (Wildman–Crippen MR) is 67.6 cm³/mol. The van der Waals surface area contributed by atoms with Crippen molar-refractivity contribution in [1.82, 2.24) is 4.90 Å². The molecule has 0 unspecified atom stereocenters. The number of carbonyl (C=O) groups excluding carboxylic acids is 1. The van der Waals surface area contributed by atoms with E-state index in [9.17, 15) is 9.59 Å². The first-order chi connectivity index (χ1) is 8.50. The third kappa shape index (κ3) is 2.23. The molecule has 0 aromatic heterocycles. The smallest absolute Gasteiger partial charge is 0.326 e. The first kappa shape index (κ1) is 12.6. The topological polar surface area (TPSA) is 57.6 Å². The third-order valence-corrected chi connectivity index (χ3v) is 3.42. The number of carboxylic acids is 1. The lowest BCUT2D eigenvalue weighted by Crippen LogP contribution is -2.40. The van der Waals surface area contributed by atoms with Crippen LogP contribution in [0.1, 0.15) is 34.3 Å². The quantitative estimate of drug-likeness (QED) is 0.869. The number of carboxylic acid groups (broad SMARTS) is 1. The van der Waals surface area contributed by atoms with Crippen LogP contribution in [0.3, 0.4) is 0 Å². The van der Waals surface area contributed by atoms with Gasteiger partial charge in [0.25, 0.3) is 5.91 Å². The number of carbonyl (C=O) groups is 2. The second-order valence-electron chi connectivity index (χ2n) is 4.81. The number of hydrogen-bond acceptors (Lipinski definition) is 2. The Morgan fingerprint density at radius 2 is 2.06 bits per heavy atom. The Morgan fingerprint density at radius 3 is 2.72 bits per heavy atom. The van der Waals surface area contributed by atoms with Gasteiger partial charge in [0.1, 0.15) is 6.04 Å². The number of nitrogens with zero attached hydrogens (tertiary/aromatic N) is 1. The molecular weight excluding hydrogens is 230 g/mol. The molecule has 1 fully saturated rings. The minimum atomic E-state index is -0.911. The Balaban J connectivity index is 2.31. The fourth-order valence-electron chi connectivity index (χ4n) is 2.39. The molecule has 1 aromatic rings. The summed E-state index contributed by atoms with van der Waals surface area (Å²) in [6.45, 7) is 4.33. The van der Waals surface area contributed by atoms with Crippen molar-refractivity contribution in [3.8, 4) is 0 Å². The maximum Gasteiger partial charge on any atom is 0.326 e. The molecule has 1 N–H and O–H groups in total. The van der Waals surface area contributed by atoms with Crippen LogP contribution in [0.25, 0.3) is 0 Å². The molecule has 4 nitrogen and oxygen atoms in total. The van der Waals surface area contributed by atoms with Gasteiger partial charge in [-0.1, -0.05) is 17.7 Å². The molecule has 0 spiro atoms. The zero-order valence-corrected chi connectivity index (χ0v) is 10.6. The minimum Gasteiger partial charge on any atom is -0.480 e. The molecule has 1 heterocycles. The van der Waals surface area contributed by atoms with E-state index in [4.69, 9.17) is 5.11 Å². The summed E-state index contributed by atoms with van der Waals surface area (Å²) in [7, 11) is 0. The van der Waals surface area contributed by atoms with E-state index in [1.54, 1.807) is 0 Å². The van der Waals surface area contributed by atoms with Crippen molar-refractivity contribution in [3.63, 3.8) is 0 Å². The molecule has 0 saturated carbocycles. The molecule has 2 rings (SSSR count). The lowest BCUT2D eigenvalue weighted by atomic mass is 10.0. The number of hydrogen-bond donors (Lipinski definition) is 1. The predicted octanol–water partition coefficient (Wildman–Crippen LogP) is 1.99. The highest BCUT2D eigenvalue weighted by atomic mass is 16.4. The molecule has 1 amide bonds. The second kappa shape index (κ2) is 4.80. The molecule has 1 aliphatic rings. The van der Waals surface area contributed by atoms with E-state index in [2.05, 4.69) is 0 Å². The van der Waals surface area contributed by atoms with Crippen LogP contribution in [0.2, 0.25) is 0 Å². The van der Waals surface area contributed by atoms with Crippen LogP contribution in [0.5, 0.6) is 0 Å². The van der Waals surface area contributed by atoms with Crippen molar-refractivity contribution in [2.45, 2.75) is 32.7 Å². The third-order valence-electron chi connectivity index (χ3n) is 3.42. The van der Waals surface area contributed by atoms with Crippen molar-refractivity contribution in [3.05, 3.63) is 34.9 Å². The molecule has 0 radical (unpaired) electrons. The average molecular weight is 247 g/mol. The SMILES string of the molecule is Cc1ccc(C)c(C(=O)N2CCC[C@@H]2C(=O)O)c1. The van der Waals surface area contributed by atoms with Crippen molar-refractivity contribution in [2.24, 2.45) is 0 Å². The van der Waals surface area contributed by atoms with Gasteiger partial charge in [0.2, 0.25) is 0 Å². The molecule has 1 saturated heterocycles. The lowest BCUT2D eigenvalue weighted by Gasteiger charge is -2.22. The fourth-order valence-corrected chi connectivity index (χ4v) is 2.39. The van der Waals surface area contributed by atoms with Gasteiger partial charge in [0, 0.05) is 12.1 Å². The Kier molecular flexibility index (Phi) is 3.36. The number of amides is 1. The van der Waals surface area contributed by atoms with E-state index in [-0.39, 0.29) is 5.91 Å². The van der Waals surface area contributed by atoms with E-state index in [1.807, 2.05) is 32.0 Å². The Labute approximate surface area is 106 Å². The Hall–Kier alpha value is -1.84. The normalized spacial score (nSPS) is 19.0. The van der Waals surface area contributed by atoms with Crippen molar-refractivity contribution < 1.29 is 14.7 Å². The summed E-state index contributed by atoms with van der Waals surface area (Å²) in [6.07, 6.45) is 1.31. The van der Waals surface area contributed by atoms with Gasteiger partial charge in [-0.25, -0.2) is 4.79 Å². The molecule has 1 atom stereocenters.